The summed E-state index contributed by atoms with van der Waals surface area (Å²) < 4.78 is 31.9. The summed E-state index contributed by atoms with van der Waals surface area (Å²) >= 11 is 0. The number of ether oxygens (including phenoxy) is 1. The van der Waals surface area contributed by atoms with Crippen molar-refractivity contribution in [2.75, 3.05) is 11.9 Å². The van der Waals surface area contributed by atoms with E-state index in [1.807, 2.05) is 0 Å². The summed E-state index contributed by atoms with van der Waals surface area (Å²) in [6.45, 7) is 4.24. The largest absolute Gasteiger partial charge is 0.508 e. The van der Waals surface area contributed by atoms with Gasteiger partial charge in [-0.05, 0) is 44.5 Å². The minimum Gasteiger partial charge on any atom is -0.508 e. The monoisotopic (exact) mass is 302 g/mol. The fourth-order valence-electron chi connectivity index (χ4n) is 1.61. The maximum Gasteiger partial charge on any atom is 0.412 e. The number of benzene rings is 1. The first kappa shape index (κ1) is 17.2. The van der Waals surface area contributed by atoms with Crippen LogP contribution in [0.3, 0.4) is 0 Å². The maximum atomic E-state index is 13.4. The third-order valence-corrected chi connectivity index (χ3v) is 2.47. The number of phenolic OH excluding ortho intramolecular Hbond substituents is 1. The van der Waals surface area contributed by atoms with E-state index in [4.69, 9.17) is 10.5 Å². The lowest BCUT2D eigenvalue weighted by molar-refractivity contribution is 0.0115. The first-order valence-corrected chi connectivity index (χ1v) is 6.42. The summed E-state index contributed by atoms with van der Waals surface area (Å²) in [6.07, 6.45) is -1.45. The van der Waals surface area contributed by atoms with Gasteiger partial charge in [0.1, 0.15) is 11.4 Å². The third kappa shape index (κ3) is 5.95. The number of alkyl halides is 2. The van der Waals surface area contributed by atoms with Gasteiger partial charge in [0.15, 0.2) is 0 Å². The van der Waals surface area contributed by atoms with E-state index in [0.717, 1.165) is 6.07 Å². The molecule has 0 saturated carbocycles. The van der Waals surface area contributed by atoms with Crippen LogP contribution in [-0.2, 0) is 11.2 Å². The van der Waals surface area contributed by atoms with Crippen molar-refractivity contribution in [1.82, 2.24) is 0 Å². The average Bonchev–Trinajstić information content (AvgIpc) is 2.30. The topological polar surface area (TPSA) is 84.6 Å². The van der Waals surface area contributed by atoms with Gasteiger partial charge in [0.25, 0.3) is 5.92 Å². The number of hydrogen-bond donors (Lipinski definition) is 3. The lowest BCUT2D eigenvalue weighted by Crippen LogP contribution is -2.31. The van der Waals surface area contributed by atoms with Gasteiger partial charge in [-0.15, -0.1) is 0 Å². The van der Waals surface area contributed by atoms with Crippen LogP contribution in [0.25, 0.3) is 0 Å². The minimum atomic E-state index is -3.13. The van der Waals surface area contributed by atoms with Gasteiger partial charge in [-0.3, -0.25) is 5.32 Å². The minimum absolute atomic E-state index is 0.0799. The molecule has 1 amide bonds. The highest BCUT2D eigenvalue weighted by atomic mass is 19.3. The molecule has 0 aliphatic heterocycles. The standard InChI is InChI=1S/C14H20F2N2O3/c1-13(2,3)21-12(20)18-11-5-4-10(19)6-9(11)7-14(15,16)8-17/h4-6,19H,7-8,17H2,1-3H3,(H,18,20). The van der Waals surface area contributed by atoms with Crippen molar-refractivity contribution in [1.29, 1.82) is 0 Å². The zero-order valence-corrected chi connectivity index (χ0v) is 12.2. The van der Waals surface area contributed by atoms with Gasteiger partial charge >= 0.3 is 6.09 Å². The molecule has 1 aromatic rings. The number of anilines is 1. The number of rotatable bonds is 4. The molecule has 0 fully saturated rings. The molecule has 0 bridgehead atoms. The normalized spacial score (nSPS) is 12.1. The summed E-state index contributed by atoms with van der Waals surface area (Å²) in [5.41, 5.74) is 4.52. The molecule has 7 heteroatoms. The van der Waals surface area contributed by atoms with E-state index in [2.05, 4.69) is 5.32 Å². The molecule has 118 valence electrons. The molecule has 0 atom stereocenters. The molecule has 0 aromatic heterocycles. The molecule has 0 radical (unpaired) electrons. The Kier molecular flexibility index (Phi) is 5.11. The van der Waals surface area contributed by atoms with Crippen molar-refractivity contribution < 1.29 is 23.4 Å². The lowest BCUT2D eigenvalue weighted by Gasteiger charge is -2.21. The number of hydrogen-bond acceptors (Lipinski definition) is 4. The zero-order valence-electron chi connectivity index (χ0n) is 12.2. The number of amides is 1. The van der Waals surface area contributed by atoms with E-state index in [0.29, 0.717) is 0 Å². The Hall–Kier alpha value is -1.89. The Bertz CT molecular complexity index is 513. The zero-order chi connectivity index (χ0) is 16.3. The molecule has 1 rings (SSSR count). The Morgan fingerprint density at radius 2 is 2.00 bits per heavy atom. The molecule has 0 aliphatic rings. The van der Waals surface area contributed by atoms with Crippen LogP contribution >= 0.6 is 0 Å². The molecule has 0 spiro atoms. The number of nitrogens with one attached hydrogen (secondary N) is 1. The van der Waals surface area contributed by atoms with E-state index in [1.165, 1.54) is 12.1 Å². The highest BCUT2D eigenvalue weighted by Gasteiger charge is 2.29. The van der Waals surface area contributed by atoms with Gasteiger partial charge in [0.2, 0.25) is 0 Å². The molecule has 0 unspecified atom stereocenters. The highest BCUT2D eigenvalue weighted by Crippen LogP contribution is 2.28. The SMILES string of the molecule is CC(C)(C)OC(=O)Nc1ccc(O)cc1CC(F)(F)CN. The Morgan fingerprint density at radius 3 is 2.52 bits per heavy atom. The quantitative estimate of drug-likeness (QED) is 0.747. The van der Waals surface area contributed by atoms with Crippen LogP contribution in [0, 0.1) is 0 Å². The van der Waals surface area contributed by atoms with Gasteiger partial charge in [0.05, 0.1) is 6.54 Å². The Labute approximate surface area is 122 Å². The van der Waals surface area contributed by atoms with Crippen LogP contribution in [0.1, 0.15) is 26.3 Å². The number of phenols is 1. The summed E-state index contributed by atoms with van der Waals surface area (Å²) in [6, 6.07) is 3.79. The second-order valence-electron chi connectivity index (χ2n) is 5.71. The number of nitrogens with two attached hydrogens (primary N) is 1. The molecule has 1 aromatic carbocycles. The van der Waals surface area contributed by atoms with Crippen molar-refractivity contribution in [3.8, 4) is 5.75 Å². The van der Waals surface area contributed by atoms with Gasteiger partial charge < -0.3 is 15.6 Å². The smallest absolute Gasteiger partial charge is 0.412 e. The van der Waals surface area contributed by atoms with Crippen LogP contribution in [-0.4, -0.2) is 29.3 Å². The van der Waals surface area contributed by atoms with Crippen molar-refractivity contribution in [2.45, 2.75) is 38.7 Å². The average molecular weight is 302 g/mol. The molecule has 4 N–H and O–H groups in total. The van der Waals surface area contributed by atoms with Crippen LogP contribution in [0.2, 0.25) is 0 Å². The van der Waals surface area contributed by atoms with Gasteiger partial charge in [0, 0.05) is 12.1 Å². The lowest BCUT2D eigenvalue weighted by atomic mass is 10.0. The summed E-state index contributed by atoms with van der Waals surface area (Å²) in [5.74, 6) is -3.30. The van der Waals surface area contributed by atoms with Crippen LogP contribution in [0.5, 0.6) is 5.75 Å². The van der Waals surface area contributed by atoms with Crippen molar-refractivity contribution in [2.24, 2.45) is 5.73 Å². The summed E-state index contributed by atoms with van der Waals surface area (Å²) in [4.78, 5) is 11.7. The second kappa shape index (κ2) is 6.26. The van der Waals surface area contributed by atoms with Gasteiger partial charge in [-0.25, -0.2) is 13.6 Å². The summed E-state index contributed by atoms with van der Waals surface area (Å²) in [7, 11) is 0. The van der Waals surface area contributed by atoms with Gasteiger partial charge in [-0.2, -0.15) is 0 Å². The third-order valence-electron chi connectivity index (χ3n) is 2.47. The second-order valence-corrected chi connectivity index (χ2v) is 5.71. The predicted octanol–water partition coefficient (Wildman–Crippen LogP) is 2.88. The van der Waals surface area contributed by atoms with Crippen molar-refractivity contribution >= 4 is 11.8 Å². The molecule has 0 aliphatic carbocycles. The van der Waals surface area contributed by atoms with Crippen molar-refractivity contribution in [3.05, 3.63) is 23.8 Å². The molecule has 21 heavy (non-hydrogen) atoms. The first-order valence-electron chi connectivity index (χ1n) is 6.42. The number of halogens is 2. The Morgan fingerprint density at radius 1 is 1.38 bits per heavy atom. The van der Waals surface area contributed by atoms with E-state index < -0.39 is 30.6 Å². The van der Waals surface area contributed by atoms with Crippen LogP contribution in [0.4, 0.5) is 19.3 Å². The van der Waals surface area contributed by atoms with E-state index in [-0.39, 0.29) is 17.0 Å². The molecule has 0 saturated heterocycles. The molecule has 0 heterocycles. The van der Waals surface area contributed by atoms with E-state index in [9.17, 15) is 18.7 Å². The molecular formula is C14H20F2N2O3. The van der Waals surface area contributed by atoms with Crippen LogP contribution in [0.15, 0.2) is 18.2 Å². The van der Waals surface area contributed by atoms with E-state index >= 15 is 0 Å². The predicted molar refractivity (Wildman–Crippen MR) is 75.7 cm³/mol. The highest BCUT2D eigenvalue weighted by molar-refractivity contribution is 5.86. The fourth-order valence-corrected chi connectivity index (χ4v) is 1.61. The fraction of sp³-hybridized carbons (Fsp3) is 0.500. The molecule has 5 nitrogen and oxygen atoms in total. The van der Waals surface area contributed by atoms with Crippen LogP contribution < -0.4 is 11.1 Å². The van der Waals surface area contributed by atoms with E-state index in [1.54, 1.807) is 20.8 Å². The molecular weight excluding hydrogens is 282 g/mol. The van der Waals surface area contributed by atoms with Gasteiger partial charge in [-0.1, -0.05) is 0 Å². The number of carbonyl (C=O) groups is 1. The first-order chi connectivity index (χ1) is 9.52. The Balaban J connectivity index is 2.94. The maximum absolute atomic E-state index is 13.4. The number of aromatic hydroxyl groups is 1. The van der Waals surface area contributed by atoms with Crippen molar-refractivity contribution in [3.63, 3.8) is 0 Å². The number of carbonyl (C=O) groups excluding carboxylic acids is 1. The summed E-state index contributed by atoms with van der Waals surface area (Å²) in [5, 5.41) is 11.8.